The van der Waals surface area contributed by atoms with Crippen molar-refractivity contribution in [1.82, 2.24) is 0 Å². The molecule has 1 aliphatic rings. The Labute approximate surface area is 135 Å². The Bertz CT molecular complexity index is 495. The molecule has 0 amide bonds. The van der Waals surface area contributed by atoms with Gasteiger partial charge in [0, 0.05) is 0 Å². The fraction of sp³-hybridized carbons (Fsp3) is 0.647. The summed E-state index contributed by atoms with van der Waals surface area (Å²) in [6.45, 7) is 6.21. The molecule has 3 atom stereocenters. The van der Waals surface area contributed by atoms with Gasteiger partial charge in [-0.25, -0.2) is 9.59 Å². The summed E-state index contributed by atoms with van der Waals surface area (Å²) in [7, 11) is 0. The van der Waals surface area contributed by atoms with Gasteiger partial charge in [0.2, 0.25) is 0 Å². The van der Waals surface area contributed by atoms with Crippen LogP contribution in [0.3, 0.4) is 0 Å². The van der Waals surface area contributed by atoms with Crippen LogP contribution < -0.4 is 0 Å². The maximum atomic E-state index is 12.0. The van der Waals surface area contributed by atoms with Gasteiger partial charge in [0.15, 0.2) is 6.61 Å². The van der Waals surface area contributed by atoms with Gasteiger partial charge in [-0.15, -0.1) is 11.3 Å². The molecular formula is C17H24O4S. The number of rotatable bonds is 5. The second-order valence-electron chi connectivity index (χ2n) is 6.41. The van der Waals surface area contributed by atoms with Crippen molar-refractivity contribution in [2.75, 3.05) is 6.61 Å². The molecule has 0 aliphatic heterocycles. The van der Waals surface area contributed by atoms with Gasteiger partial charge in [-0.2, -0.15) is 0 Å². The van der Waals surface area contributed by atoms with Crippen molar-refractivity contribution in [3.05, 3.63) is 22.4 Å². The van der Waals surface area contributed by atoms with Crippen molar-refractivity contribution in [2.45, 2.75) is 46.1 Å². The summed E-state index contributed by atoms with van der Waals surface area (Å²) < 4.78 is 10.6. The molecule has 0 radical (unpaired) electrons. The molecule has 3 unspecified atom stereocenters. The van der Waals surface area contributed by atoms with Crippen molar-refractivity contribution in [2.24, 2.45) is 17.8 Å². The van der Waals surface area contributed by atoms with Crippen molar-refractivity contribution >= 4 is 23.3 Å². The monoisotopic (exact) mass is 324 g/mol. The first-order chi connectivity index (χ1) is 10.5. The fourth-order valence-electron chi connectivity index (χ4n) is 3.04. The number of hydrogen-bond acceptors (Lipinski definition) is 5. The lowest BCUT2D eigenvalue weighted by molar-refractivity contribution is -0.159. The van der Waals surface area contributed by atoms with Crippen LogP contribution in [0.1, 0.15) is 49.7 Å². The van der Waals surface area contributed by atoms with E-state index in [9.17, 15) is 9.59 Å². The number of esters is 2. The SMILES string of the molecule is CC1CCC(C(C)C)C(OC(=O)COC(=O)c2cccs2)C1. The number of hydrogen-bond donors (Lipinski definition) is 0. The topological polar surface area (TPSA) is 52.6 Å². The summed E-state index contributed by atoms with van der Waals surface area (Å²) in [5, 5.41) is 1.80. The highest BCUT2D eigenvalue weighted by atomic mass is 32.1. The zero-order valence-electron chi connectivity index (χ0n) is 13.4. The number of ether oxygens (including phenoxy) is 2. The molecule has 0 bridgehead atoms. The average molecular weight is 324 g/mol. The summed E-state index contributed by atoms with van der Waals surface area (Å²) in [5.41, 5.74) is 0. The maximum absolute atomic E-state index is 12.0. The molecule has 22 heavy (non-hydrogen) atoms. The number of thiophene rings is 1. The smallest absolute Gasteiger partial charge is 0.348 e. The van der Waals surface area contributed by atoms with Crippen molar-refractivity contribution < 1.29 is 19.1 Å². The molecular weight excluding hydrogens is 300 g/mol. The highest BCUT2D eigenvalue weighted by Gasteiger charge is 2.33. The second kappa shape index (κ2) is 7.77. The molecule has 2 rings (SSSR count). The molecule has 1 saturated carbocycles. The van der Waals surface area contributed by atoms with Crippen LogP contribution in [-0.2, 0) is 14.3 Å². The van der Waals surface area contributed by atoms with E-state index < -0.39 is 11.9 Å². The van der Waals surface area contributed by atoms with Gasteiger partial charge < -0.3 is 9.47 Å². The Morgan fingerprint density at radius 3 is 2.77 bits per heavy atom. The third-order valence-electron chi connectivity index (χ3n) is 4.29. The van der Waals surface area contributed by atoms with Crippen LogP contribution in [0.4, 0.5) is 0 Å². The number of carbonyl (C=O) groups excluding carboxylic acids is 2. The van der Waals surface area contributed by atoms with Crippen LogP contribution in [0.2, 0.25) is 0 Å². The molecule has 1 fully saturated rings. The van der Waals surface area contributed by atoms with Gasteiger partial charge in [0.05, 0.1) is 0 Å². The van der Waals surface area contributed by atoms with Gasteiger partial charge >= 0.3 is 11.9 Å². The quantitative estimate of drug-likeness (QED) is 0.771. The molecule has 4 nitrogen and oxygen atoms in total. The Morgan fingerprint density at radius 1 is 1.36 bits per heavy atom. The number of carbonyl (C=O) groups is 2. The molecule has 1 aromatic rings. The maximum Gasteiger partial charge on any atom is 0.348 e. The second-order valence-corrected chi connectivity index (χ2v) is 7.36. The largest absolute Gasteiger partial charge is 0.460 e. The Hall–Kier alpha value is -1.36. The lowest BCUT2D eigenvalue weighted by Crippen LogP contribution is -2.36. The average Bonchev–Trinajstić information content (AvgIpc) is 2.98. The minimum Gasteiger partial charge on any atom is -0.460 e. The van der Waals surface area contributed by atoms with E-state index in [-0.39, 0.29) is 12.7 Å². The molecule has 1 aliphatic carbocycles. The van der Waals surface area contributed by atoms with Crippen molar-refractivity contribution in [3.8, 4) is 0 Å². The normalized spacial score (nSPS) is 25.0. The Balaban J connectivity index is 1.83. The minimum absolute atomic E-state index is 0.0586. The molecule has 0 saturated heterocycles. The lowest BCUT2D eigenvalue weighted by Gasteiger charge is -2.36. The Kier molecular flexibility index (Phi) is 6.00. The van der Waals surface area contributed by atoms with E-state index in [1.54, 1.807) is 17.5 Å². The molecule has 122 valence electrons. The predicted molar refractivity (Wildman–Crippen MR) is 85.8 cm³/mol. The summed E-state index contributed by atoms with van der Waals surface area (Å²) in [4.78, 5) is 24.2. The summed E-state index contributed by atoms with van der Waals surface area (Å²) in [5.74, 6) is 0.535. The van der Waals surface area contributed by atoms with E-state index in [1.807, 2.05) is 0 Å². The zero-order chi connectivity index (χ0) is 16.1. The van der Waals surface area contributed by atoms with E-state index in [4.69, 9.17) is 9.47 Å². The van der Waals surface area contributed by atoms with E-state index in [2.05, 4.69) is 20.8 Å². The van der Waals surface area contributed by atoms with Crippen LogP contribution in [0.25, 0.3) is 0 Å². The standard InChI is InChI=1S/C17H24O4S/c1-11(2)13-7-6-12(3)9-14(13)21-16(18)10-20-17(19)15-5-4-8-22-15/h4-5,8,11-14H,6-7,9-10H2,1-3H3. The van der Waals surface area contributed by atoms with E-state index in [0.717, 1.165) is 12.8 Å². The van der Waals surface area contributed by atoms with Gasteiger partial charge in [-0.1, -0.05) is 33.3 Å². The van der Waals surface area contributed by atoms with Crippen LogP contribution in [0, 0.1) is 17.8 Å². The van der Waals surface area contributed by atoms with Crippen LogP contribution >= 0.6 is 11.3 Å². The van der Waals surface area contributed by atoms with Crippen molar-refractivity contribution in [1.29, 1.82) is 0 Å². The molecule has 1 heterocycles. The highest BCUT2D eigenvalue weighted by molar-refractivity contribution is 7.11. The van der Waals surface area contributed by atoms with Crippen molar-refractivity contribution in [3.63, 3.8) is 0 Å². The Morgan fingerprint density at radius 2 is 2.14 bits per heavy atom. The van der Waals surface area contributed by atoms with Crippen LogP contribution in [0.5, 0.6) is 0 Å². The molecule has 1 aromatic heterocycles. The van der Waals surface area contributed by atoms with Gasteiger partial charge in [-0.3, -0.25) is 0 Å². The summed E-state index contributed by atoms with van der Waals surface area (Å²) >= 11 is 1.30. The lowest BCUT2D eigenvalue weighted by atomic mass is 9.75. The first-order valence-electron chi connectivity index (χ1n) is 7.87. The van der Waals surface area contributed by atoms with Crippen LogP contribution in [0.15, 0.2) is 17.5 Å². The predicted octanol–water partition coefficient (Wildman–Crippen LogP) is 3.91. The minimum atomic E-state index is -0.468. The summed E-state index contributed by atoms with van der Waals surface area (Å²) in [6.07, 6.45) is 3.11. The fourth-order valence-corrected chi connectivity index (χ4v) is 3.66. The van der Waals surface area contributed by atoms with Crippen LogP contribution in [-0.4, -0.2) is 24.6 Å². The molecule has 5 heteroatoms. The van der Waals surface area contributed by atoms with E-state index in [0.29, 0.717) is 22.6 Å². The zero-order valence-corrected chi connectivity index (χ0v) is 14.2. The third-order valence-corrected chi connectivity index (χ3v) is 5.14. The van der Waals surface area contributed by atoms with Gasteiger partial charge in [0.25, 0.3) is 0 Å². The first kappa shape index (κ1) is 17.0. The van der Waals surface area contributed by atoms with E-state index in [1.165, 1.54) is 17.8 Å². The third kappa shape index (κ3) is 4.57. The first-order valence-corrected chi connectivity index (χ1v) is 8.75. The summed E-state index contributed by atoms with van der Waals surface area (Å²) in [6, 6.07) is 3.45. The van der Waals surface area contributed by atoms with Gasteiger partial charge in [0.1, 0.15) is 11.0 Å². The molecule has 0 N–H and O–H groups in total. The molecule has 0 spiro atoms. The molecule has 0 aromatic carbocycles. The highest BCUT2D eigenvalue weighted by Crippen LogP contribution is 2.35. The van der Waals surface area contributed by atoms with Gasteiger partial charge in [-0.05, 0) is 42.0 Å². The van der Waals surface area contributed by atoms with E-state index >= 15 is 0 Å².